The quantitative estimate of drug-likeness (QED) is 0.892. The van der Waals surface area contributed by atoms with Gasteiger partial charge in [-0.2, -0.15) is 4.72 Å². The molecule has 0 bridgehead atoms. The van der Waals surface area contributed by atoms with Gasteiger partial charge in [-0.25, -0.2) is 8.42 Å². The number of nitrogens with zero attached hydrogens (tertiary/aromatic N) is 1. The van der Waals surface area contributed by atoms with Crippen LogP contribution >= 0.6 is 0 Å². The molecule has 0 saturated carbocycles. The van der Waals surface area contributed by atoms with Gasteiger partial charge in [0.05, 0.1) is 5.69 Å². The fourth-order valence-corrected chi connectivity index (χ4v) is 3.65. The van der Waals surface area contributed by atoms with Gasteiger partial charge in [0.1, 0.15) is 11.1 Å². The Morgan fingerprint density at radius 1 is 1.00 bits per heavy atom. The van der Waals surface area contributed by atoms with Crippen molar-refractivity contribution in [2.75, 3.05) is 24.3 Å². The van der Waals surface area contributed by atoms with Gasteiger partial charge in [0.15, 0.2) is 0 Å². The summed E-state index contributed by atoms with van der Waals surface area (Å²) in [5.74, 6) is 0. The average Bonchev–Trinajstić information content (AvgIpc) is 2.46. The third kappa shape index (κ3) is 2.59. The van der Waals surface area contributed by atoms with E-state index >= 15 is 0 Å². The third-order valence-electron chi connectivity index (χ3n) is 3.49. The Morgan fingerprint density at radius 2 is 1.67 bits per heavy atom. The van der Waals surface area contributed by atoms with Gasteiger partial charge >= 0.3 is 0 Å². The standard InChI is InChI=1S/C15H17N3O2S/c1-18(2)12-9-7-11(8-10-12)15-16-13-5-3-4-6-14(13)21(19,20)17-15/h3-10,15-17H,1-2H3. The molecule has 2 aromatic carbocycles. The molecule has 2 N–H and O–H groups in total. The van der Waals surface area contributed by atoms with Crippen LogP contribution in [0, 0.1) is 0 Å². The number of benzene rings is 2. The second-order valence-electron chi connectivity index (χ2n) is 5.18. The third-order valence-corrected chi connectivity index (χ3v) is 4.97. The summed E-state index contributed by atoms with van der Waals surface area (Å²) in [5, 5.41) is 3.21. The minimum atomic E-state index is -3.49. The van der Waals surface area contributed by atoms with Crippen molar-refractivity contribution in [2.45, 2.75) is 11.1 Å². The lowest BCUT2D eigenvalue weighted by Crippen LogP contribution is -2.38. The van der Waals surface area contributed by atoms with Gasteiger partial charge in [0.25, 0.3) is 0 Å². The smallest absolute Gasteiger partial charge is 0.244 e. The summed E-state index contributed by atoms with van der Waals surface area (Å²) in [5.41, 5.74) is 2.56. The van der Waals surface area contributed by atoms with E-state index in [0.29, 0.717) is 5.69 Å². The summed E-state index contributed by atoms with van der Waals surface area (Å²) < 4.78 is 27.2. The molecule has 1 aliphatic heterocycles. The summed E-state index contributed by atoms with van der Waals surface area (Å²) in [7, 11) is 0.441. The Morgan fingerprint density at radius 3 is 2.33 bits per heavy atom. The van der Waals surface area contributed by atoms with E-state index in [1.54, 1.807) is 18.2 Å². The van der Waals surface area contributed by atoms with Crippen LogP contribution in [0.15, 0.2) is 53.4 Å². The van der Waals surface area contributed by atoms with Gasteiger partial charge in [-0.3, -0.25) is 0 Å². The van der Waals surface area contributed by atoms with E-state index in [1.807, 2.05) is 49.3 Å². The molecule has 0 radical (unpaired) electrons. The predicted molar refractivity (Wildman–Crippen MR) is 83.9 cm³/mol. The molecule has 1 aliphatic rings. The zero-order valence-electron chi connectivity index (χ0n) is 11.9. The second-order valence-corrected chi connectivity index (χ2v) is 6.86. The molecule has 1 unspecified atom stereocenters. The molecule has 6 heteroatoms. The van der Waals surface area contributed by atoms with Crippen molar-refractivity contribution in [1.82, 2.24) is 4.72 Å². The van der Waals surface area contributed by atoms with Crippen LogP contribution in [0.1, 0.15) is 11.7 Å². The number of para-hydroxylation sites is 1. The molecule has 1 atom stereocenters. The fourth-order valence-electron chi connectivity index (χ4n) is 2.34. The molecule has 110 valence electrons. The van der Waals surface area contributed by atoms with Crippen LogP contribution in [-0.4, -0.2) is 22.5 Å². The molecule has 5 nitrogen and oxygen atoms in total. The summed E-state index contributed by atoms with van der Waals surface area (Å²) in [6.45, 7) is 0. The molecule has 0 fully saturated rings. The lowest BCUT2D eigenvalue weighted by molar-refractivity contribution is 0.562. The Balaban J connectivity index is 1.95. The van der Waals surface area contributed by atoms with Crippen LogP contribution in [0.2, 0.25) is 0 Å². The molecular weight excluding hydrogens is 286 g/mol. The maximum atomic E-state index is 12.3. The summed E-state index contributed by atoms with van der Waals surface area (Å²) in [4.78, 5) is 2.28. The summed E-state index contributed by atoms with van der Waals surface area (Å²) in [6, 6.07) is 14.7. The Labute approximate surface area is 124 Å². The molecule has 0 aromatic heterocycles. The Hall–Kier alpha value is -2.05. The van der Waals surface area contributed by atoms with Gasteiger partial charge in [0, 0.05) is 19.8 Å². The van der Waals surface area contributed by atoms with Crippen LogP contribution in [0.5, 0.6) is 0 Å². The van der Waals surface area contributed by atoms with E-state index < -0.39 is 16.2 Å². The number of fused-ring (bicyclic) bond motifs is 1. The van der Waals surface area contributed by atoms with Crippen molar-refractivity contribution in [1.29, 1.82) is 0 Å². The first kappa shape index (κ1) is 13.9. The molecule has 2 aromatic rings. The molecule has 1 heterocycles. The molecule has 3 rings (SSSR count). The Bertz CT molecular complexity index is 755. The van der Waals surface area contributed by atoms with E-state index in [1.165, 1.54) is 0 Å². The topological polar surface area (TPSA) is 61.4 Å². The lowest BCUT2D eigenvalue weighted by Gasteiger charge is -2.28. The SMILES string of the molecule is CN(C)c1ccc(C2Nc3ccccc3S(=O)(=O)N2)cc1. The predicted octanol–water partition coefficient (Wildman–Crippen LogP) is 2.16. The van der Waals surface area contributed by atoms with Gasteiger partial charge in [0.2, 0.25) is 10.0 Å². The first-order valence-corrected chi connectivity index (χ1v) is 8.11. The number of sulfonamides is 1. The van der Waals surface area contributed by atoms with Crippen LogP contribution < -0.4 is 14.9 Å². The summed E-state index contributed by atoms with van der Waals surface area (Å²) in [6.07, 6.45) is -0.457. The van der Waals surface area contributed by atoms with Crippen LogP contribution in [0.3, 0.4) is 0 Å². The molecule has 21 heavy (non-hydrogen) atoms. The van der Waals surface area contributed by atoms with Crippen LogP contribution in [0.25, 0.3) is 0 Å². The highest BCUT2D eigenvalue weighted by atomic mass is 32.2. The van der Waals surface area contributed by atoms with E-state index in [2.05, 4.69) is 10.0 Å². The van der Waals surface area contributed by atoms with E-state index in [-0.39, 0.29) is 4.90 Å². The van der Waals surface area contributed by atoms with Crippen LogP contribution in [-0.2, 0) is 10.0 Å². The molecular formula is C15H17N3O2S. The highest BCUT2D eigenvalue weighted by Gasteiger charge is 2.29. The fraction of sp³-hybridized carbons (Fsp3) is 0.200. The lowest BCUT2D eigenvalue weighted by atomic mass is 10.1. The molecule has 0 spiro atoms. The van der Waals surface area contributed by atoms with Gasteiger partial charge < -0.3 is 10.2 Å². The monoisotopic (exact) mass is 303 g/mol. The number of nitrogens with one attached hydrogen (secondary N) is 2. The van der Waals surface area contributed by atoms with E-state index in [0.717, 1.165) is 11.3 Å². The van der Waals surface area contributed by atoms with Gasteiger partial charge in [-0.1, -0.05) is 24.3 Å². The van der Waals surface area contributed by atoms with E-state index in [4.69, 9.17) is 0 Å². The average molecular weight is 303 g/mol. The van der Waals surface area contributed by atoms with Gasteiger partial charge in [-0.05, 0) is 29.8 Å². The summed E-state index contributed by atoms with van der Waals surface area (Å²) >= 11 is 0. The van der Waals surface area contributed by atoms with Crippen LogP contribution in [0.4, 0.5) is 11.4 Å². The minimum absolute atomic E-state index is 0.283. The first-order chi connectivity index (χ1) is 9.97. The molecule has 0 amide bonds. The number of hydrogen-bond donors (Lipinski definition) is 2. The largest absolute Gasteiger partial charge is 0.378 e. The zero-order chi connectivity index (χ0) is 15.0. The normalized spacial score (nSPS) is 19.4. The first-order valence-electron chi connectivity index (χ1n) is 6.62. The highest BCUT2D eigenvalue weighted by molar-refractivity contribution is 7.89. The number of rotatable bonds is 2. The zero-order valence-corrected chi connectivity index (χ0v) is 12.7. The van der Waals surface area contributed by atoms with Crippen molar-refractivity contribution < 1.29 is 8.42 Å². The van der Waals surface area contributed by atoms with E-state index in [9.17, 15) is 8.42 Å². The van der Waals surface area contributed by atoms with Crippen molar-refractivity contribution in [2.24, 2.45) is 0 Å². The molecule has 0 aliphatic carbocycles. The Kier molecular flexibility index (Phi) is 3.35. The maximum Gasteiger partial charge on any atom is 0.244 e. The van der Waals surface area contributed by atoms with Crippen molar-refractivity contribution in [3.8, 4) is 0 Å². The maximum absolute atomic E-state index is 12.3. The second kappa shape index (κ2) is 5.05. The number of hydrogen-bond acceptors (Lipinski definition) is 4. The van der Waals surface area contributed by atoms with Crippen molar-refractivity contribution in [3.63, 3.8) is 0 Å². The minimum Gasteiger partial charge on any atom is -0.378 e. The van der Waals surface area contributed by atoms with Gasteiger partial charge in [-0.15, -0.1) is 0 Å². The van der Waals surface area contributed by atoms with Crippen molar-refractivity contribution >= 4 is 21.4 Å². The number of anilines is 2. The highest BCUT2D eigenvalue weighted by Crippen LogP contribution is 2.31. The van der Waals surface area contributed by atoms with Crippen molar-refractivity contribution in [3.05, 3.63) is 54.1 Å². The molecule has 0 saturated heterocycles.